The summed E-state index contributed by atoms with van der Waals surface area (Å²) in [5.41, 5.74) is 2.50. The van der Waals surface area contributed by atoms with Gasteiger partial charge in [0.05, 0.1) is 21.5 Å². The lowest BCUT2D eigenvalue weighted by Gasteiger charge is -2.41. The van der Waals surface area contributed by atoms with Crippen molar-refractivity contribution in [3.05, 3.63) is 11.4 Å². The summed E-state index contributed by atoms with van der Waals surface area (Å²) < 4.78 is 0. The van der Waals surface area contributed by atoms with Gasteiger partial charge in [-0.25, -0.2) is 0 Å². The van der Waals surface area contributed by atoms with Gasteiger partial charge in [0.1, 0.15) is 0 Å². The third-order valence-electron chi connectivity index (χ3n) is 2.81. The Morgan fingerprint density at radius 3 is 2.33 bits per heavy atom. The SMILES string of the molecule is CCCN(C)C1=C(N(C)CC)C(=S)C1S. The maximum Gasteiger partial charge on any atom is 0.0810 e. The van der Waals surface area contributed by atoms with Gasteiger partial charge in [-0.1, -0.05) is 19.1 Å². The zero-order chi connectivity index (χ0) is 11.6. The highest BCUT2D eigenvalue weighted by molar-refractivity contribution is 7.87. The van der Waals surface area contributed by atoms with Gasteiger partial charge in [0.15, 0.2) is 0 Å². The van der Waals surface area contributed by atoms with E-state index in [2.05, 4.69) is 50.4 Å². The molecular weight excluding hydrogens is 224 g/mol. The largest absolute Gasteiger partial charge is 0.375 e. The number of nitrogens with zero attached hydrogens (tertiary/aromatic N) is 2. The molecule has 1 aliphatic rings. The van der Waals surface area contributed by atoms with Crippen molar-refractivity contribution in [1.82, 2.24) is 9.80 Å². The van der Waals surface area contributed by atoms with Crippen LogP contribution in [0.25, 0.3) is 0 Å². The topological polar surface area (TPSA) is 6.48 Å². The molecular formula is C11H20N2S2. The third-order valence-corrected chi connectivity index (χ3v) is 3.92. The van der Waals surface area contributed by atoms with Gasteiger partial charge >= 0.3 is 0 Å². The van der Waals surface area contributed by atoms with E-state index in [-0.39, 0.29) is 5.25 Å². The van der Waals surface area contributed by atoms with Gasteiger partial charge in [-0.2, -0.15) is 12.6 Å². The maximum atomic E-state index is 5.35. The summed E-state index contributed by atoms with van der Waals surface area (Å²) in [6.45, 7) is 6.37. The molecule has 0 N–H and O–H groups in total. The minimum atomic E-state index is 0.153. The summed E-state index contributed by atoms with van der Waals surface area (Å²) >= 11 is 9.88. The van der Waals surface area contributed by atoms with E-state index in [9.17, 15) is 0 Å². The molecule has 2 nitrogen and oxygen atoms in total. The summed E-state index contributed by atoms with van der Waals surface area (Å²) in [5, 5.41) is 0.153. The van der Waals surface area contributed by atoms with Crippen molar-refractivity contribution in [2.75, 3.05) is 27.2 Å². The fraction of sp³-hybridized carbons (Fsp3) is 0.727. The highest BCUT2D eigenvalue weighted by Crippen LogP contribution is 2.34. The van der Waals surface area contributed by atoms with E-state index < -0.39 is 0 Å². The lowest BCUT2D eigenvalue weighted by Crippen LogP contribution is -2.45. The summed E-state index contributed by atoms with van der Waals surface area (Å²) in [7, 11) is 4.20. The van der Waals surface area contributed by atoms with E-state index in [0.717, 1.165) is 24.4 Å². The monoisotopic (exact) mass is 244 g/mol. The quantitative estimate of drug-likeness (QED) is 0.585. The summed E-state index contributed by atoms with van der Waals surface area (Å²) in [4.78, 5) is 5.46. The Morgan fingerprint density at radius 1 is 1.27 bits per heavy atom. The molecule has 0 aromatic rings. The minimum absolute atomic E-state index is 0.153. The first-order valence-corrected chi connectivity index (χ1v) is 6.35. The summed E-state index contributed by atoms with van der Waals surface area (Å²) in [5.74, 6) is 0. The van der Waals surface area contributed by atoms with Crippen molar-refractivity contribution in [3.8, 4) is 0 Å². The number of thiol groups is 1. The van der Waals surface area contributed by atoms with E-state index in [1.165, 1.54) is 11.4 Å². The molecule has 0 bridgehead atoms. The molecule has 1 rings (SSSR count). The van der Waals surface area contributed by atoms with Gasteiger partial charge in [0.25, 0.3) is 0 Å². The Bertz CT molecular complexity index is 286. The van der Waals surface area contributed by atoms with Crippen LogP contribution in [0, 0.1) is 0 Å². The zero-order valence-corrected chi connectivity index (χ0v) is 11.7. The molecule has 1 aliphatic carbocycles. The van der Waals surface area contributed by atoms with Gasteiger partial charge in [0, 0.05) is 27.2 Å². The molecule has 15 heavy (non-hydrogen) atoms. The van der Waals surface area contributed by atoms with E-state index in [4.69, 9.17) is 12.2 Å². The number of hydrogen-bond acceptors (Lipinski definition) is 4. The predicted octanol–water partition coefficient (Wildman–Crippen LogP) is 2.17. The molecule has 0 aliphatic heterocycles. The van der Waals surface area contributed by atoms with Crippen LogP contribution in [0.1, 0.15) is 20.3 Å². The third kappa shape index (κ3) is 2.31. The van der Waals surface area contributed by atoms with Crippen LogP contribution in [0.2, 0.25) is 0 Å². The van der Waals surface area contributed by atoms with Gasteiger partial charge < -0.3 is 9.80 Å². The lowest BCUT2D eigenvalue weighted by atomic mass is 9.97. The van der Waals surface area contributed by atoms with E-state index in [0.29, 0.717) is 0 Å². The van der Waals surface area contributed by atoms with Gasteiger partial charge in [-0.05, 0) is 13.3 Å². The Kier molecular flexibility index (Phi) is 4.46. The van der Waals surface area contributed by atoms with Crippen LogP contribution < -0.4 is 0 Å². The molecule has 0 heterocycles. The Hall–Kier alpha value is -0.220. The van der Waals surface area contributed by atoms with Gasteiger partial charge in [-0.15, -0.1) is 0 Å². The molecule has 0 aromatic heterocycles. The maximum absolute atomic E-state index is 5.35. The van der Waals surface area contributed by atoms with Crippen LogP contribution in [0.15, 0.2) is 11.4 Å². The van der Waals surface area contributed by atoms with E-state index >= 15 is 0 Å². The predicted molar refractivity (Wildman–Crippen MR) is 73.6 cm³/mol. The molecule has 0 saturated heterocycles. The molecule has 1 atom stereocenters. The molecule has 4 heteroatoms. The van der Waals surface area contributed by atoms with Gasteiger partial charge in [-0.3, -0.25) is 0 Å². The fourth-order valence-corrected chi connectivity index (χ4v) is 2.63. The van der Waals surface area contributed by atoms with E-state index in [1.54, 1.807) is 0 Å². The standard InChI is InChI=1S/C11H20N2S2/c1-5-7-13(4)9-8(12(3)6-2)10(14)11(9)15/h11,15H,5-7H2,1-4H3. The lowest BCUT2D eigenvalue weighted by molar-refractivity contribution is 0.365. The molecule has 0 saturated carbocycles. The summed E-state index contributed by atoms with van der Waals surface area (Å²) in [6.07, 6.45) is 1.15. The first-order chi connectivity index (χ1) is 7.04. The highest BCUT2D eigenvalue weighted by atomic mass is 32.1. The first-order valence-electron chi connectivity index (χ1n) is 5.43. The molecule has 0 aromatic carbocycles. The number of allylic oxidation sites excluding steroid dienone is 1. The molecule has 0 fully saturated rings. The number of hydrogen-bond donors (Lipinski definition) is 1. The Balaban J connectivity index is 2.90. The average Bonchev–Trinajstić information content (AvgIpc) is 2.23. The number of thiocarbonyl (C=S) groups is 1. The van der Waals surface area contributed by atoms with Crippen molar-refractivity contribution >= 4 is 29.7 Å². The Labute approximate surface area is 104 Å². The molecule has 86 valence electrons. The zero-order valence-electron chi connectivity index (χ0n) is 9.95. The minimum Gasteiger partial charge on any atom is -0.375 e. The van der Waals surface area contributed by atoms with Crippen LogP contribution >= 0.6 is 24.8 Å². The fourth-order valence-electron chi connectivity index (χ4n) is 1.82. The van der Waals surface area contributed by atoms with Crippen LogP contribution in [-0.4, -0.2) is 47.1 Å². The van der Waals surface area contributed by atoms with Crippen LogP contribution in [0.4, 0.5) is 0 Å². The van der Waals surface area contributed by atoms with Crippen molar-refractivity contribution in [1.29, 1.82) is 0 Å². The van der Waals surface area contributed by atoms with Gasteiger partial charge in [0.2, 0.25) is 0 Å². The van der Waals surface area contributed by atoms with Crippen molar-refractivity contribution in [3.63, 3.8) is 0 Å². The second kappa shape index (κ2) is 5.21. The van der Waals surface area contributed by atoms with Crippen molar-refractivity contribution < 1.29 is 0 Å². The average molecular weight is 244 g/mol. The van der Waals surface area contributed by atoms with Crippen molar-refractivity contribution in [2.24, 2.45) is 0 Å². The second-order valence-corrected chi connectivity index (χ2v) is 4.89. The molecule has 0 spiro atoms. The van der Waals surface area contributed by atoms with Crippen LogP contribution in [0.5, 0.6) is 0 Å². The summed E-state index contributed by atoms with van der Waals surface area (Å²) in [6, 6.07) is 0. The molecule has 0 amide bonds. The molecule has 0 radical (unpaired) electrons. The van der Waals surface area contributed by atoms with E-state index in [1.807, 2.05) is 0 Å². The van der Waals surface area contributed by atoms with Crippen molar-refractivity contribution in [2.45, 2.75) is 25.5 Å². The smallest absolute Gasteiger partial charge is 0.0810 e. The number of rotatable bonds is 5. The highest BCUT2D eigenvalue weighted by Gasteiger charge is 2.36. The Morgan fingerprint density at radius 2 is 1.87 bits per heavy atom. The first kappa shape index (κ1) is 12.8. The second-order valence-electron chi connectivity index (χ2n) is 3.94. The molecule has 1 unspecified atom stereocenters. The van der Waals surface area contributed by atoms with Crippen LogP contribution in [-0.2, 0) is 0 Å². The normalized spacial score (nSPS) is 20.3. The van der Waals surface area contributed by atoms with Crippen LogP contribution in [0.3, 0.4) is 0 Å².